The quantitative estimate of drug-likeness (QED) is 0.252. The normalized spacial score (nSPS) is 10.9. The van der Waals surface area contributed by atoms with Gasteiger partial charge in [0.1, 0.15) is 12.4 Å². The van der Waals surface area contributed by atoms with Gasteiger partial charge in [0, 0.05) is 20.7 Å². The van der Waals surface area contributed by atoms with Gasteiger partial charge in [-0.1, -0.05) is 49.5 Å². The molecule has 0 saturated carbocycles. The van der Waals surface area contributed by atoms with Crippen molar-refractivity contribution in [2.24, 2.45) is 4.99 Å². The lowest BCUT2D eigenvalue weighted by molar-refractivity contribution is 0.0601. The van der Waals surface area contributed by atoms with E-state index >= 15 is 0 Å². The topological polar surface area (TPSA) is 47.9 Å². The van der Waals surface area contributed by atoms with Crippen LogP contribution < -0.4 is 4.74 Å². The Hall–Kier alpha value is -2.15. The lowest BCUT2D eigenvalue weighted by Crippen LogP contribution is -2.01. The molecule has 0 aliphatic heterocycles. The van der Waals surface area contributed by atoms with Crippen LogP contribution in [0.1, 0.15) is 21.5 Å². The van der Waals surface area contributed by atoms with Crippen LogP contribution in [0.3, 0.4) is 0 Å². The largest absolute Gasteiger partial charge is 0.489 e. The van der Waals surface area contributed by atoms with E-state index in [9.17, 15) is 4.79 Å². The van der Waals surface area contributed by atoms with Crippen LogP contribution in [0.4, 0.5) is 5.69 Å². The third-order valence-corrected chi connectivity index (χ3v) is 5.55. The highest BCUT2D eigenvalue weighted by Crippen LogP contribution is 2.25. The molecule has 0 amide bonds. The van der Waals surface area contributed by atoms with E-state index in [4.69, 9.17) is 16.3 Å². The van der Waals surface area contributed by atoms with Crippen molar-refractivity contribution in [2.75, 3.05) is 7.11 Å². The first-order chi connectivity index (χ1) is 14.0. The molecule has 0 radical (unpaired) electrons. The van der Waals surface area contributed by atoms with E-state index in [1.165, 1.54) is 7.11 Å². The minimum Gasteiger partial charge on any atom is -0.489 e. The first-order valence-electron chi connectivity index (χ1n) is 8.55. The highest BCUT2D eigenvalue weighted by atomic mass is 79.9. The van der Waals surface area contributed by atoms with Gasteiger partial charge >= 0.3 is 5.97 Å². The molecule has 7 heteroatoms. The monoisotopic (exact) mass is 535 g/mol. The van der Waals surface area contributed by atoms with Gasteiger partial charge in [-0.05, 0) is 60.2 Å². The van der Waals surface area contributed by atoms with Crippen LogP contribution in [-0.2, 0) is 11.3 Å². The SMILES string of the molecule is COC(=O)c1ccc(N=Cc2ccc(OCc3ccc(Br)cc3Br)cc2)cc1Cl. The second-order valence-corrected chi connectivity index (χ2v) is 8.18. The predicted molar refractivity (Wildman–Crippen MR) is 123 cm³/mol. The maximum Gasteiger partial charge on any atom is 0.339 e. The standard InChI is InChI=1S/C22H16Br2ClNO3/c1-28-22(27)19-9-6-17(11-21(19)25)26-12-14-2-7-18(8-3-14)29-13-15-4-5-16(23)10-20(15)24/h2-12H,13H2,1H3. The van der Waals surface area contributed by atoms with E-state index in [0.717, 1.165) is 25.8 Å². The van der Waals surface area contributed by atoms with E-state index in [2.05, 4.69) is 41.6 Å². The molecule has 3 rings (SSSR count). The van der Waals surface area contributed by atoms with Crippen molar-refractivity contribution in [2.45, 2.75) is 6.61 Å². The van der Waals surface area contributed by atoms with Gasteiger partial charge in [0.15, 0.2) is 0 Å². The molecule has 29 heavy (non-hydrogen) atoms. The van der Waals surface area contributed by atoms with Crippen LogP contribution in [0.25, 0.3) is 0 Å². The van der Waals surface area contributed by atoms with Gasteiger partial charge < -0.3 is 9.47 Å². The first kappa shape index (κ1) is 21.6. The number of benzene rings is 3. The van der Waals surface area contributed by atoms with Gasteiger partial charge in [0.2, 0.25) is 0 Å². The number of rotatable bonds is 6. The summed E-state index contributed by atoms with van der Waals surface area (Å²) in [7, 11) is 1.32. The van der Waals surface area contributed by atoms with Gasteiger partial charge in [0.25, 0.3) is 0 Å². The smallest absolute Gasteiger partial charge is 0.339 e. The number of nitrogens with zero attached hydrogens (tertiary/aromatic N) is 1. The molecule has 3 aromatic rings. The summed E-state index contributed by atoms with van der Waals surface area (Å²) in [5, 5.41) is 0.300. The van der Waals surface area contributed by atoms with Gasteiger partial charge in [-0.25, -0.2) is 4.79 Å². The number of ether oxygens (including phenoxy) is 2. The summed E-state index contributed by atoms with van der Waals surface area (Å²) in [6.07, 6.45) is 1.72. The summed E-state index contributed by atoms with van der Waals surface area (Å²) in [6, 6.07) is 18.5. The second kappa shape index (κ2) is 10.1. The fourth-order valence-corrected chi connectivity index (χ4v) is 3.87. The lowest BCUT2D eigenvalue weighted by Gasteiger charge is -2.08. The molecule has 3 aromatic carbocycles. The fourth-order valence-electron chi connectivity index (χ4n) is 2.46. The molecule has 0 aromatic heterocycles. The molecule has 0 atom stereocenters. The van der Waals surface area contributed by atoms with Crippen molar-refractivity contribution in [3.8, 4) is 5.75 Å². The molecule has 4 nitrogen and oxygen atoms in total. The van der Waals surface area contributed by atoms with Crippen LogP contribution in [0, 0.1) is 0 Å². The molecule has 0 spiro atoms. The maximum absolute atomic E-state index is 11.6. The molecule has 0 N–H and O–H groups in total. The van der Waals surface area contributed by atoms with Crippen LogP contribution in [0.5, 0.6) is 5.75 Å². The Labute approximate surface area is 190 Å². The lowest BCUT2D eigenvalue weighted by atomic mass is 10.2. The number of hydrogen-bond acceptors (Lipinski definition) is 4. The van der Waals surface area contributed by atoms with E-state index in [0.29, 0.717) is 22.9 Å². The summed E-state index contributed by atoms with van der Waals surface area (Å²) in [4.78, 5) is 16.0. The first-order valence-corrected chi connectivity index (χ1v) is 10.5. The number of methoxy groups -OCH3 is 1. The van der Waals surface area contributed by atoms with E-state index in [-0.39, 0.29) is 0 Å². The van der Waals surface area contributed by atoms with Crippen molar-refractivity contribution in [3.63, 3.8) is 0 Å². The number of esters is 1. The summed E-state index contributed by atoms with van der Waals surface area (Å²) in [5.74, 6) is 0.290. The van der Waals surface area contributed by atoms with Crippen molar-refractivity contribution >= 4 is 61.3 Å². The predicted octanol–water partition coefficient (Wildman–Crippen LogP) is 6.98. The molecule has 0 saturated heterocycles. The summed E-state index contributed by atoms with van der Waals surface area (Å²) in [6.45, 7) is 0.465. The minimum atomic E-state index is -0.476. The molecular formula is C22H16Br2ClNO3. The Morgan fingerprint density at radius 1 is 1.07 bits per heavy atom. The highest BCUT2D eigenvalue weighted by molar-refractivity contribution is 9.11. The summed E-state index contributed by atoms with van der Waals surface area (Å²) in [5.41, 5.74) is 2.93. The number of aliphatic imine (C=N–C) groups is 1. The number of halogens is 3. The van der Waals surface area contributed by atoms with Crippen LogP contribution in [0.2, 0.25) is 5.02 Å². The molecule has 0 fully saturated rings. The Balaban J connectivity index is 1.63. The minimum absolute atomic E-state index is 0.300. The van der Waals surface area contributed by atoms with Crippen molar-refractivity contribution in [1.29, 1.82) is 0 Å². The van der Waals surface area contributed by atoms with E-state index in [1.54, 1.807) is 24.4 Å². The fraction of sp³-hybridized carbons (Fsp3) is 0.0909. The van der Waals surface area contributed by atoms with Crippen molar-refractivity contribution in [1.82, 2.24) is 0 Å². The van der Waals surface area contributed by atoms with Crippen LogP contribution >= 0.6 is 43.5 Å². The third kappa shape index (κ3) is 5.92. The summed E-state index contributed by atoms with van der Waals surface area (Å²) < 4.78 is 12.5. The molecule has 0 unspecified atom stereocenters. The third-order valence-electron chi connectivity index (χ3n) is 4.01. The zero-order valence-electron chi connectivity index (χ0n) is 15.4. The molecule has 0 bridgehead atoms. The van der Waals surface area contributed by atoms with Gasteiger partial charge in [-0.2, -0.15) is 0 Å². The number of hydrogen-bond donors (Lipinski definition) is 0. The van der Waals surface area contributed by atoms with Gasteiger partial charge in [-0.3, -0.25) is 4.99 Å². The van der Waals surface area contributed by atoms with Gasteiger partial charge in [-0.15, -0.1) is 0 Å². The highest BCUT2D eigenvalue weighted by Gasteiger charge is 2.10. The van der Waals surface area contributed by atoms with Crippen molar-refractivity contribution < 1.29 is 14.3 Å². The molecular weight excluding hydrogens is 522 g/mol. The number of carbonyl (C=O) groups is 1. The Kier molecular flexibility index (Phi) is 7.47. The number of carbonyl (C=O) groups excluding carboxylic acids is 1. The van der Waals surface area contributed by atoms with E-state index < -0.39 is 5.97 Å². The Morgan fingerprint density at radius 2 is 1.83 bits per heavy atom. The van der Waals surface area contributed by atoms with E-state index in [1.807, 2.05) is 42.5 Å². The molecule has 0 heterocycles. The zero-order valence-corrected chi connectivity index (χ0v) is 19.3. The van der Waals surface area contributed by atoms with Crippen LogP contribution in [0.15, 0.2) is 74.6 Å². The molecule has 0 aliphatic carbocycles. The average molecular weight is 538 g/mol. The zero-order chi connectivity index (χ0) is 20.8. The van der Waals surface area contributed by atoms with Gasteiger partial charge in [0.05, 0.1) is 23.4 Å². The Bertz CT molecular complexity index is 1050. The Morgan fingerprint density at radius 3 is 2.48 bits per heavy atom. The van der Waals surface area contributed by atoms with Crippen LogP contribution in [-0.4, -0.2) is 19.3 Å². The summed E-state index contributed by atoms with van der Waals surface area (Å²) >= 11 is 13.1. The second-order valence-electron chi connectivity index (χ2n) is 6.01. The average Bonchev–Trinajstić information content (AvgIpc) is 2.72. The molecule has 0 aliphatic rings. The maximum atomic E-state index is 11.6. The van der Waals surface area contributed by atoms with Crippen molar-refractivity contribution in [3.05, 3.63) is 91.3 Å². The molecule has 148 valence electrons.